The minimum Gasteiger partial charge on any atom is -0.465 e. The van der Waals surface area contributed by atoms with Gasteiger partial charge in [-0.1, -0.05) is 11.6 Å². The molecule has 0 aliphatic rings. The molecule has 5 nitrogen and oxygen atoms in total. The number of esters is 1. The number of halogens is 1. The van der Waals surface area contributed by atoms with E-state index >= 15 is 0 Å². The monoisotopic (exact) mass is 280 g/mol. The van der Waals surface area contributed by atoms with Crippen LogP contribution in [0.2, 0.25) is 5.02 Å². The van der Waals surface area contributed by atoms with Crippen LogP contribution in [0.3, 0.4) is 0 Å². The zero-order chi connectivity index (χ0) is 14.0. The first-order valence-corrected chi connectivity index (χ1v) is 5.99. The summed E-state index contributed by atoms with van der Waals surface area (Å²) in [6.45, 7) is 1.69. The molecule has 0 saturated heterocycles. The molecular weight excluding hydrogens is 268 g/mol. The Morgan fingerprint density at radius 3 is 2.84 bits per heavy atom. The summed E-state index contributed by atoms with van der Waals surface area (Å²) in [7, 11) is 1.32. The summed E-state index contributed by atoms with van der Waals surface area (Å²) in [5, 5.41) is 13.9. The van der Waals surface area contributed by atoms with Crippen LogP contribution in [0.15, 0.2) is 24.4 Å². The quantitative estimate of drug-likeness (QED) is 0.875. The number of hydrogen-bond donors (Lipinski definition) is 1. The number of methoxy groups -OCH3 is 1. The van der Waals surface area contributed by atoms with Crippen molar-refractivity contribution in [3.8, 4) is 5.69 Å². The third kappa shape index (κ3) is 2.62. The van der Waals surface area contributed by atoms with Crippen molar-refractivity contribution in [2.75, 3.05) is 7.11 Å². The lowest BCUT2D eigenvalue weighted by atomic mass is 10.2. The van der Waals surface area contributed by atoms with E-state index in [0.29, 0.717) is 27.5 Å². The van der Waals surface area contributed by atoms with Crippen LogP contribution in [0, 0.1) is 6.92 Å². The fourth-order valence-corrected chi connectivity index (χ4v) is 1.91. The minimum absolute atomic E-state index is 0.0971. The summed E-state index contributed by atoms with van der Waals surface area (Å²) in [5.74, 6) is -0.441. The molecule has 0 aliphatic heterocycles. The highest BCUT2D eigenvalue weighted by Gasteiger charge is 2.12. The maximum atomic E-state index is 11.5. The molecule has 6 heteroatoms. The molecule has 19 heavy (non-hydrogen) atoms. The van der Waals surface area contributed by atoms with Gasteiger partial charge in [0.15, 0.2) is 0 Å². The molecular formula is C13H13ClN2O3. The first-order chi connectivity index (χ1) is 9.06. The van der Waals surface area contributed by atoms with E-state index < -0.39 is 5.97 Å². The van der Waals surface area contributed by atoms with Gasteiger partial charge in [0.25, 0.3) is 0 Å². The number of carbonyl (C=O) groups excluding carboxylic acids is 1. The van der Waals surface area contributed by atoms with Crippen molar-refractivity contribution in [3.63, 3.8) is 0 Å². The molecule has 0 radical (unpaired) electrons. The lowest BCUT2D eigenvalue weighted by Crippen LogP contribution is -2.04. The van der Waals surface area contributed by atoms with Gasteiger partial charge in [0.05, 0.1) is 35.7 Å². The summed E-state index contributed by atoms with van der Waals surface area (Å²) in [5.41, 5.74) is 2.37. The van der Waals surface area contributed by atoms with E-state index in [2.05, 4.69) is 9.84 Å². The molecule has 2 aromatic rings. The van der Waals surface area contributed by atoms with Crippen LogP contribution in [0.1, 0.15) is 21.6 Å². The average molecular weight is 281 g/mol. The fraction of sp³-hybridized carbons (Fsp3) is 0.231. The van der Waals surface area contributed by atoms with Gasteiger partial charge in [0.2, 0.25) is 0 Å². The van der Waals surface area contributed by atoms with Crippen LogP contribution in [0.4, 0.5) is 0 Å². The van der Waals surface area contributed by atoms with Crippen LogP contribution in [0.5, 0.6) is 0 Å². The molecule has 0 saturated carbocycles. The molecule has 0 unspecified atom stereocenters. The topological polar surface area (TPSA) is 64.3 Å². The van der Waals surface area contributed by atoms with Crippen LogP contribution in [-0.4, -0.2) is 28.0 Å². The molecule has 0 atom stereocenters. The van der Waals surface area contributed by atoms with Gasteiger partial charge in [-0.2, -0.15) is 5.10 Å². The predicted molar refractivity (Wildman–Crippen MR) is 70.6 cm³/mol. The lowest BCUT2D eigenvalue weighted by Gasteiger charge is -2.06. The number of aliphatic hydroxyl groups is 1. The highest BCUT2D eigenvalue weighted by molar-refractivity contribution is 6.32. The number of benzene rings is 1. The molecule has 0 bridgehead atoms. The second-order valence-electron chi connectivity index (χ2n) is 4.00. The van der Waals surface area contributed by atoms with Crippen molar-refractivity contribution in [2.45, 2.75) is 13.5 Å². The smallest absolute Gasteiger partial charge is 0.337 e. The predicted octanol–water partition coefficient (Wildman–Crippen LogP) is 2.11. The molecule has 0 fully saturated rings. The Morgan fingerprint density at radius 1 is 1.53 bits per heavy atom. The number of aryl methyl sites for hydroxylation is 1. The summed E-state index contributed by atoms with van der Waals surface area (Å²) >= 11 is 6.11. The van der Waals surface area contributed by atoms with E-state index in [1.165, 1.54) is 11.8 Å². The van der Waals surface area contributed by atoms with Crippen LogP contribution in [-0.2, 0) is 11.3 Å². The first-order valence-electron chi connectivity index (χ1n) is 5.61. The van der Waals surface area contributed by atoms with Gasteiger partial charge in [-0.3, -0.25) is 0 Å². The number of hydrogen-bond acceptors (Lipinski definition) is 4. The Labute approximate surface area is 115 Å². The Morgan fingerprint density at radius 2 is 2.26 bits per heavy atom. The average Bonchev–Trinajstić information content (AvgIpc) is 2.79. The maximum absolute atomic E-state index is 11.5. The summed E-state index contributed by atoms with van der Waals surface area (Å²) in [6, 6.07) is 4.79. The highest BCUT2D eigenvalue weighted by Crippen LogP contribution is 2.23. The summed E-state index contributed by atoms with van der Waals surface area (Å²) in [4.78, 5) is 11.5. The van der Waals surface area contributed by atoms with Gasteiger partial charge < -0.3 is 9.84 Å². The zero-order valence-corrected chi connectivity index (χ0v) is 11.3. The van der Waals surface area contributed by atoms with Crippen molar-refractivity contribution in [2.24, 2.45) is 0 Å². The molecule has 1 aromatic heterocycles. The minimum atomic E-state index is -0.441. The van der Waals surface area contributed by atoms with Crippen LogP contribution >= 0.6 is 11.6 Å². The summed E-state index contributed by atoms with van der Waals surface area (Å²) in [6.07, 6.45) is 1.68. The van der Waals surface area contributed by atoms with Crippen molar-refractivity contribution < 1.29 is 14.6 Å². The van der Waals surface area contributed by atoms with E-state index in [1.807, 2.05) is 0 Å². The Kier molecular flexibility index (Phi) is 3.87. The van der Waals surface area contributed by atoms with E-state index in [4.69, 9.17) is 16.7 Å². The van der Waals surface area contributed by atoms with Gasteiger partial charge in [0.1, 0.15) is 0 Å². The fourth-order valence-electron chi connectivity index (χ4n) is 1.71. The third-order valence-electron chi connectivity index (χ3n) is 2.78. The van der Waals surface area contributed by atoms with Crippen molar-refractivity contribution in [1.82, 2.24) is 9.78 Å². The molecule has 1 aromatic carbocycles. The Hall–Kier alpha value is -1.85. The second kappa shape index (κ2) is 5.42. The molecule has 0 spiro atoms. The van der Waals surface area contributed by atoms with E-state index in [9.17, 15) is 4.79 Å². The van der Waals surface area contributed by atoms with Crippen molar-refractivity contribution in [3.05, 3.63) is 46.2 Å². The van der Waals surface area contributed by atoms with Crippen molar-refractivity contribution in [1.29, 1.82) is 0 Å². The van der Waals surface area contributed by atoms with Crippen molar-refractivity contribution >= 4 is 17.6 Å². The van der Waals surface area contributed by atoms with Crippen LogP contribution in [0.25, 0.3) is 5.69 Å². The van der Waals surface area contributed by atoms with Gasteiger partial charge in [-0.15, -0.1) is 0 Å². The normalized spacial score (nSPS) is 10.5. The molecule has 0 aliphatic carbocycles. The SMILES string of the molecule is COC(=O)c1ccc(Cl)c(-n2cc(CO)c(C)n2)c1. The number of ether oxygens (including phenoxy) is 1. The standard InChI is InChI=1S/C13H13ClN2O3/c1-8-10(7-17)6-16(15-8)12-5-9(13(18)19-2)3-4-11(12)14/h3-6,17H,7H2,1-2H3. The molecule has 0 amide bonds. The van der Waals surface area contributed by atoms with Gasteiger partial charge in [-0.25, -0.2) is 9.48 Å². The molecule has 2 rings (SSSR count). The second-order valence-corrected chi connectivity index (χ2v) is 4.41. The molecule has 1 heterocycles. The number of rotatable bonds is 3. The van der Waals surface area contributed by atoms with Gasteiger partial charge in [-0.05, 0) is 25.1 Å². The largest absolute Gasteiger partial charge is 0.465 e. The first kappa shape index (κ1) is 13.6. The highest BCUT2D eigenvalue weighted by atomic mass is 35.5. The van der Waals surface area contributed by atoms with E-state index in [0.717, 1.165) is 0 Å². The van der Waals surface area contributed by atoms with Gasteiger partial charge in [0, 0.05) is 11.8 Å². The third-order valence-corrected chi connectivity index (χ3v) is 3.10. The number of carbonyl (C=O) groups is 1. The van der Waals surface area contributed by atoms with Crippen LogP contribution < -0.4 is 0 Å². The number of aromatic nitrogens is 2. The lowest BCUT2D eigenvalue weighted by molar-refractivity contribution is 0.0600. The Balaban J connectivity index is 2.51. The number of nitrogens with zero attached hydrogens (tertiary/aromatic N) is 2. The number of aliphatic hydroxyl groups excluding tert-OH is 1. The Bertz CT molecular complexity index is 622. The maximum Gasteiger partial charge on any atom is 0.337 e. The molecule has 1 N–H and O–H groups in total. The van der Waals surface area contributed by atoms with E-state index in [1.54, 1.807) is 31.3 Å². The van der Waals surface area contributed by atoms with Gasteiger partial charge >= 0.3 is 5.97 Å². The zero-order valence-electron chi connectivity index (χ0n) is 10.6. The summed E-state index contributed by atoms with van der Waals surface area (Å²) < 4.78 is 6.20. The van der Waals surface area contributed by atoms with E-state index in [-0.39, 0.29) is 6.61 Å². The molecule has 100 valence electrons.